The predicted molar refractivity (Wildman–Crippen MR) is 129 cm³/mol. The molecule has 0 spiro atoms. The highest BCUT2D eigenvalue weighted by molar-refractivity contribution is 14.0. The van der Waals surface area contributed by atoms with Crippen molar-refractivity contribution in [2.75, 3.05) is 53.6 Å². The second-order valence-electron chi connectivity index (χ2n) is 7.81. The molecule has 1 amide bonds. The lowest BCUT2D eigenvalue weighted by atomic mass is 10.1. The Balaban J connectivity index is 0.00000320. The van der Waals surface area contributed by atoms with Crippen molar-refractivity contribution in [1.82, 2.24) is 15.1 Å². The standard InChI is InChI=1S/C22H34N4O3.HI/c1-23-22(26-10-8-20(16-26)17-29-12-11-28-2)24-14-18-5-3-6-19(13-18)15-25-9-4-7-21(25)27;/h3,5-6,13,20H,4,7-12,14-17H2,1-2H3,(H,23,24);1H. The van der Waals surface area contributed by atoms with E-state index in [1.54, 1.807) is 7.11 Å². The van der Waals surface area contributed by atoms with E-state index in [1.807, 2.05) is 11.9 Å². The van der Waals surface area contributed by atoms with Crippen molar-refractivity contribution >= 4 is 35.8 Å². The van der Waals surface area contributed by atoms with Crippen LogP contribution in [-0.4, -0.2) is 75.3 Å². The fourth-order valence-electron chi connectivity index (χ4n) is 4.00. The number of rotatable bonds is 9. The number of aliphatic imine (C=N–C) groups is 1. The van der Waals surface area contributed by atoms with Gasteiger partial charge in [-0.25, -0.2) is 0 Å². The maximum Gasteiger partial charge on any atom is 0.222 e. The van der Waals surface area contributed by atoms with Crippen LogP contribution in [0.25, 0.3) is 0 Å². The second-order valence-corrected chi connectivity index (χ2v) is 7.81. The van der Waals surface area contributed by atoms with Crippen molar-refractivity contribution in [1.29, 1.82) is 0 Å². The minimum Gasteiger partial charge on any atom is -0.382 e. The number of likely N-dealkylation sites (tertiary alicyclic amines) is 2. The molecule has 1 unspecified atom stereocenters. The van der Waals surface area contributed by atoms with Crippen molar-refractivity contribution in [3.8, 4) is 0 Å². The number of amides is 1. The average Bonchev–Trinajstić information content (AvgIpc) is 3.36. The van der Waals surface area contributed by atoms with Gasteiger partial charge in [-0.15, -0.1) is 24.0 Å². The SMILES string of the molecule is CN=C(NCc1cccc(CN2CCCC2=O)c1)N1CCC(COCCOC)C1.I. The number of hydrogen-bond donors (Lipinski definition) is 1. The van der Waals surface area contributed by atoms with Gasteiger partial charge in [0.2, 0.25) is 5.91 Å². The molecule has 7 nitrogen and oxygen atoms in total. The molecule has 2 fully saturated rings. The fourth-order valence-corrected chi connectivity index (χ4v) is 4.00. The third-order valence-corrected chi connectivity index (χ3v) is 5.57. The van der Waals surface area contributed by atoms with Gasteiger partial charge < -0.3 is 24.6 Å². The number of benzene rings is 1. The molecule has 2 aliphatic rings. The third-order valence-electron chi connectivity index (χ3n) is 5.57. The van der Waals surface area contributed by atoms with Crippen molar-refractivity contribution in [2.45, 2.75) is 32.4 Å². The fraction of sp³-hybridized carbons (Fsp3) is 0.636. The lowest BCUT2D eigenvalue weighted by molar-refractivity contribution is -0.128. The van der Waals surface area contributed by atoms with E-state index in [4.69, 9.17) is 9.47 Å². The Morgan fingerprint density at radius 1 is 1.27 bits per heavy atom. The summed E-state index contributed by atoms with van der Waals surface area (Å²) in [7, 11) is 3.53. The van der Waals surface area contributed by atoms with Crippen molar-refractivity contribution < 1.29 is 14.3 Å². The van der Waals surface area contributed by atoms with Gasteiger partial charge in [0.25, 0.3) is 0 Å². The molecule has 1 N–H and O–H groups in total. The van der Waals surface area contributed by atoms with Crippen LogP contribution in [0.3, 0.4) is 0 Å². The van der Waals surface area contributed by atoms with E-state index in [0.29, 0.717) is 32.1 Å². The molecule has 0 bridgehead atoms. The maximum atomic E-state index is 11.9. The van der Waals surface area contributed by atoms with Crippen LogP contribution in [0.1, 0.15) is 30.4 Å². The minimum atomic E-state index is 0. The zero-order valence-electron chi connectivity index (χ0n) is 18.1. The first-order valence-corrected chi connectivity index (χ1v) is 10.6. The van der Waals surface area contributed by atoms with Crippen LogP contribution in [0.15, 0.2) is 29.3 Å². The molecule has 0 aromatic heterocycles. The number of ether oxygens (including phenoxy) is 2. The van der Waals surface area contributed by atoms with Crippen LogP contribution < -0.4 is 5.32 Å². The number of nitrogens with one attached hydrogen (secondary N) is 1. The van der Waals surface area contributed by atoms with E-state index in [2.05, 4.69) is 39.5 Å². The number of carbonyl (C=O) groups is 1. The zero-order valence-corrected chi connectivity index (χ0v) is 20.5. The average molecular weight is 530 g/mol. The van der Waals surface area contributed by atoms with E-state index >= 15 is 0 Å². The quantitative estimate of drug-likeness (QED) is 0.230. The smallest absolute Gasteiger partial charge is 0.222 e. The predicted octanol–water partition coefficient (Wildman–Crippen LogP) is 2.49. The molecule has 2 aliphatic heterocycles. The number of guanidine groups is 1. The second kappa shape index (κ2) is 13.1. The Labute approximate surface area is 197 Å². The van der Waals surface area contributed by atoms with E-state index in [1.165, 1.54) is 11.1 Å². The van der Waals surface area contributed by atoms with Crippen LogP contribution in [-0.2, 0) is 27.4 Å². The van der Waals surface area contributed by atoms with E-state index in [0.717, 1.165) is 51.6 Å². The summed E-state index contributed by atoms with van der Waals surface area (Å²) in [6.07, 6.45) is 2.78. The molecule has 1 aromatic rings. The van der Waals surface area contributed by atoms with Gasteiger partial charge in [-0.2, -0.15) is 0 Å². The summed E-state index contributed by atoms with van der Waals surface area (Å²) in [5, 5.41) is 3.49. The van der Waals surface area contributed by atoms with Crippen molar-refractivity contribution in [3.63, 3.8) is 0 Å². The molecule has 30 heavy (non-hydrogen) atoms. The van der Waals surface area contributed by atoms with Gasteiger partial charge in [-0.3, -0.25) is 9.79 Å². The molecular weight excluding hydrogens is 495 g/mol. The summed E-state index contributed by atoms with van der Waals surface area (Å²) < 4.78 is 10.7. The molecule has 3 rings (SSSR count). The summed E-state index contributed by atoms with van der Waals surface area (Å²) in [6.45, 7) is 6.33. The van der Waals surface area contributed by atoms with E-state index < -0.39 is 0 Å². The lowest BCUT2D eigenvalue weighted by Gasteiger charge is -2.22. The van der Waals surface area contributed by atoms with Crippen molar-refractivity contribution in [2.24, 2.45) is 10.9 Å². The molecule has 1 atom stereocenters. The number of carbonyl (C=O) groups excluding carboxylic acids is 1. The van der Waals surface area contributed by atoms with Gasteiger partial charge in [-0.05, 0) is 24.0 Å². The first kappa shape index (κ1) is 24.9. The molecule has 8 heteroatoms. The summed E-state index contributed by atoms with van der Waals surface area (Å²) in [5.41, 5.74) is 2.39. The van der Waals surface area contributed by atoms with Gasteiger partial charge in [0, 0.05) is 59.2 Å². The number of methoxy groups -OCH3 is 1. The number of nitrogens with zero attached hydrogens (tertiary/aromatic N) is 3. The highest BCUT2D eigenvalue weighted by Gasteiger charge is 2.25. The molecule has 168 valence electrons. The van der Waals surface area contributed by atoms with Gasteiger partial charge in [0.1, 0.15) is 0 Å². The van der Waals surface area contributed by atoms with Gasteiger partial charge in [0.05, 0.1) is 19.8 Å². The highest BCUT2D eigenvalue weighted by atomic mass is 127. The number of halogens is 1. The summed E-state index contributed by atoms with van der Waals surface area (Å²) in [6, 6.07) is 8.46. The van der Waals surface area contributed by atoms with Gasteiger partial charge in [0.15, 0.2) is 5.96 Å². The summed E-state index contributed by atoms with van der Waals surface area (Å²) >= 11 is 0. The van der Waals surface area contributed by atoms with Crippen molar-refractivity contribution in [3.05, 3.63) is 35.4 Å². The Morgan fingerprint density at radius 2 is 2.10 bits per heavy atom. The van der Waals surface area contributed by atoms with Crippen LogP contribution >= 0.6 is 24.0 Å². The van der Waals surface area contributed by atoms with E-state index in [-0.39, 0.29) is 29.9 Å². The lowest BCUT2D eigenvalue weighted by Crippen LogP contribution is -2.39. The first-order valence-electron chi connectivity index (χ1n) is 10.6. The molecule has 0 aliphatic carbocycles. The maximum absolute atomic E-state index is 11.9. The molecule has 2 heterocycles. The normalized spacial score (nSPS) is 19.3. The first-order chi connectivity index (χ1) is 14.2. The molecule has 0 radical (unpaired) electrons. The van der Waals surface area contributed by atoms with Crippen LogP contribution in [0.2, 0.25) is 0 Å². The Morgan fingerprint density at radius 3 is 2.83 bits per heavy atom. The monoisotopic (exact) mass is 530 g/mol. The zero-order chi connectivity index (χ0) is 20.5. The van der Waals surface area contributed by atoms with Crippen LogP contribution in [0.5, 0.6) is 0 Å². The third kappa shape index (κ3) is 7.39. The minimum absolute atomic E-state index is 0. The largest absolute Gasteiger partial charge is 0.382 e. The number of hydrogen-bond acceptors (Lipinski definition) is 4. The Kier molecular flexibility index (Phi) is 10.9. The molecule has 0 saturated carbocycles. The molecule has 1 aromatic carbocycles. The summed E-state index contributed by atoms with van der Waals surface area (Å²) in [4.78, 5) is 20.6. The van der Waals surface area contributed by atoms with Gasteiger partial charge in [-0.1, -0.05) is 24.3 Å². The Hall–Kier alpha value is -1.39. The van der Waals surface area contributed by atoms with Gasteiger partial charge >= 0.3 is 0 Å². The topological polar surface area (TPSA) is 66.4 Å². The highest BCUT2D eigenvalue weighted by Crippen LogP contribution is 2.18. The summed E-state index contributed by atoms with van der Waals surface area (Å²) in [5.74, 6) is 1.74. The molecular formula is C22H35IN4O3. The van der Waals surface area contributed by atoms with E-state index in [9.17, 15) is 4.79 Å². The van der Waals surface area contributed by atoms with Crippen LogP contribution in [0.4, 0.5) is 0 Å². The Bertz CT molecular complexity index is 701. The van der Waals surface area contributed by atoms with Crippen LogP contribution in [0, 0.1) is 5.92 Å². The molecule has 2 saturated heterocycles.